The van der Waals surface area contributed by atoms with E-state index in [1.165, 1.54) is 10.6 Å². The molecule has 0 N–H and O–H groups in total. The molecule has 0 spiro atoms. The fourth-order valence-corrected chi connectivity index (χ4v) is 5.34. The normalized spacial score (nSPS) is 22.8. The van der Waals surface area contributed by atoms with Crippen LogP contribution in [0.2, 0.25) is 0 Å². The number of amides is 1. The molecule has 0 bridgehead atoms. The van der Waals surface area contributed by atoms with E-state index < -0.39 is 15.6 Å². The second-order valence-corrected chi connectivity index (χ2v) is 11.9. The van der Waals surface area contributed by atoms with E-state index in [1.54, 1.807) is 11.1 Å². The highest BCUT2D eigenvalue weighted by Gasteiger charge is 2.35. The van der Waals surface area contributed by atoms with Crippen LogP contribution in [-0.4, -0.2) is 72.8 Å². The van der Waals surface area contributed by atoms with E-state index in [-0.39, 0.29) is 12.2 Å². The molecule has 1 amide bonds. The maximum atomic E-state index is 12.3. The van der Waals surface area contributed by atoms with E-state index in [0.717, 1.165) is 41.8 Å². The Morgan fingerprint density at radius 3 is 2.53 bits per heavy atom. The standard InChI is InChI=1S/C23H33N3O5S/c1-23(2,3)31-22(27)25-9-5-17(6-10-25)20-14-18-13-19(24-15-21(18)30-20)16-7-11-26(12-8-16)32(4,28)29/h7,13,15,17,20H,5-6,8-12,14H2,1-4H3/t20-/m1/s1. The second-order valence-electron chi connectivity index (χ2n) is 9.94. The lowest BCUT2D eigenvalue weighted by Gasteiger charge is -2.35. The van der Waals surface area contributed by atoms with Crippen molar-refractivity contribution in [1.29, 1.82) is 0 Å². The monoisotopic (exact) mass is 463 g/mol. The van der Waals surface area contributed by atoms with Gasteiger partial charge in [0.05, 0.1) is 18.1 Å². The van der Waals surface area contributed by atoms with E-state index >= 15 is 0 Å². The zero-order valence-corrected chi connectivity index (χ0v) is 20.2. The first-order chi connectivity index (χ1) is 15.0. The SMILES string of the molecule is CC(C)(C)OC(=O)N1CCC([C@H]2Cc3cc(C4=CCN(S(C)(=O)=O)CC4)ncc3O2)CC1. The molecular weight excluding hydrogens is 430 g/mol. The summed E-state index contributed by atoms with van der Waals surface area (Å²) in [5, 5.41) is 0. The molecule has 32 heavy (non-hydrogen) atoms. The molecule has 3 aliphatic rings. The number of nitrogens with zero attached hydrogens (tertiary/aromatic N) is 3. The van der Waals surface area contributed by atoms with Gasteiger partial charge in [0.15, 0.2) is 0 Å². The predicted molar refractivity (Wildman–Crippen MR) is 122 cm³/mol. The van der Waals surface area contributed by atoms with Crippen molar-refractivity contribution >= 4 is 21.7 Å². The molecule has 1 saturated heterocycles. The molecule has 0 aromatic carbocycles. The quantitative estimate of drug-likeness (QED) is 0.684. The highest BCUT2D eigenvalue weighted by molar-refractivity contribution is 7.88. The lowest BCUT2D eigenvalue weighted by Crippen LogP contribution is -2.44. The molecule has 9 heteroatoms. The second kappa shape index (κ2) is 8.67. The van der Waals surface area contributed by atoms with Gasteiger partial charge in [-0.1, -0.05) is 6.08 Å². The Morgan fingerprint density at radius 2 is 1.94 bits per heavy atom. The van der Waals surface area contributed by atoms with E-state index in [2.05, 4.69) is 11.1 Å². The summed E-state index contributed by atoms with van der Waals surface area (Å²) in [5.41, 5.74) is 2.66. The number of hydrogen-bond acceptors (Lipinski definition) is 6. The number of aromatic nitrogens is 1. The molecule has 4 heterocycles. The molecule has 3 aliphatic heterocycles. The van der Waals surface area contributed by atoms with Gasteiger partial charge in [0.1, 0.15) is 17.5 Å². The number of likely N-dealkylation sites (tertiary alicyclic amines) is 1. The topological polar surface area (TPSA) is 89.0 Å². The number of fused-ring (bicyclic) bond motifs is 1. The zero-order chi connectivity index (χ0) is 23.1. The van der Waals surface area contributed by atoms with Crippen molar-refractivity contribution in [1.82, 2.24) is 14.2 Å². The Kier molecular flexibility index (Phi) is 6.24. The summed E-state index contributed by atoms with van der Waals surface area (Å²) in [7, 11) is -3.16. The van der Waals surface area contributed by atoms with Crippen LogP contribution in [0.1, 0.15) is 51.3 Å². The van der Waals surface area contributed by atoms with Gasteiger partial charge in [0, 0.05) is 38.2 Å². The molecule has 1 fully saturated rings. The van der Waals surface area contributed by atoms with Crippen molar-refractivity contribution in [3.05, 3.63) is 29.6 Å². The average molecular weight is 464 g/mol. The molecule has 176 valence electrons. The Hall–Kier alpha value is -2.13. The fraction of sp³-hybridized carbons (Fsp3) is 0.652. The van der Waals surface area contributed by atoms with Crippen molar-refractivity contribution in [3.8, 4) is 5.75 Å². The minimum Gasteiger partial charge on any atom is -0.488 e. The molecule has 1 aromatic rings. The largest absolute Gasteiger partial charge is 0.488 e. The first-order valence-electron chi connectivity index (χ1n) is 11.3. The van der Waals surface area contributed by atoms with Crippen LogP contribution >= 0.6 is 0 Å². The highest BCUT2D eigenvalue weighted by atomic mass is 32.2. The van der Waals surface area contributed by atoms with Crippen molar-refractivity contribution in [2.24, 2.45) is 5.92 Å². The number of hydrogen-bond donors (Lipinski definition) is 0. The summed E-state index contributed by atoms with van der Waals surface area (Å²) in [6, 6.07) is 2.09. The van der Waals surface area contributed by atoms with Crippen LogP contribution in [0.15, 0.2) is 18.3 Å². The predicted octanol–water partition coefficient (Wildman–Crippen LogP) is 3.08. The van der Waals surface area contributed by atoms with Crippen LogP contribution in [0, 0.1) is 5.92 Å². The van der Waals surface area contributed by atoms with Crippen LogP contribution < -0.4 is 4.74 Å². The molecule has 0 radical (unpaired) electrons. The van der Waals surface area contributed by atoms with Gasteiger partial charge < -0.3 is 14.4 Å². The number of carbonyl (C=O) groups excluding carboxylic acids is 1. The van der Waals surface area contributed by atoms with Crippen LogP contribution in [-0.2, 0) is 21.2 Å². The van der Waals surface area contributed by atoms with Crippen molar-refractivity contribution in [2.75, 3.05) is 32.4 Å². The number of ether oxygens (including phenoxy) is 2. The van der Waals surface area contributed by atoms with Gasteiger partial charge in [-0.05, 0) is 57.6 Å². The van der Waals surface area contributed by atoms with Gasteiger partial charge in [0.2, 0.25) is 10.0 Å². The summed E-state index contributed by atoms with van der Waals surface area (Å²) < 4.78 is 36.6. The fourth-order valence-electron chi connectivity index (χ4n) is 4.57. The number of rotatable bonds is 3. The van der Waals surface area contributed by atoms with Crippen LogP contribution in [0.4, 0.5) is 4.79 Å². The van der Waals surface area contributed by atoms with Crippen LogP contribution in [0.3, 0.4) is 0 Å². The maximum absolute atomic E-state index is 12.3. The number of piperidine rings is 1. The van der Waals surface area contributed by atoms with Gasteiger partial charge in [-0.25, -0.2) is 13.2 Å². The van der Waals surface area contributed by atoms with E-state index in [1.807, 2.05) is 26.8 Å². The maximum Gasteiger partial charge on any atom is 0.410 e. The van der Waals surface area contributed by atoms with Gasteiger partial charge >= 0.3 is 6.09 Å². The van der Waals surface area contributed by atoms with Crippen LogP contribution in [0.25, 0.3) is 5.57 Å². The molecular formula is C23H33N3O5S. The van der Waals surface area contributed by atoms with Crippen LogP contribution in [0.5, 0.6) is 5.75 Å². The number of sulfonamides is 1. The Balaban J connectivity index is 1.34. The smallest absolute Gasteiger partial charge is 0.410 e. The Morgan fingerprint density at radius 1 is 1.22 bits per heavy atom. The summed E-state index contributed by atoms with van der Waals surface area (Å²) in [4.78, 5) is 18.7. The summed E-state index contributed by atoms with van der Waals surface area (Å²) in [6.45, 7) is 7.89. The van der Waals surface area contributed by atoms with Crippen molar-refractivity contribution in [2.45, 2.75) is 58.2 Å². The molecule has 0 aliphatic carbocycles. The molecule has 1 aromatic heterocycles. The average Bonchev–Trinajstić information content (AvgIpc) is 3.15. The van der Waals surface area contributed by atoms with E-state index in [0.29, 0.717) is 38.5 Å². The molecule has 1 atom stereocenters. The van der Waals surface area contributed by atoms with Gasteiger partial charge in [0.25, 0.3) is 0 Å². The first kappa shape index (κ1) is 23.0. The molecule has 0 unspecified atom stereocenters. The van der Waals surface area contributed by atoms with Gasteiger partial charge in [-0.2, -0.15) is 4.31 Å². The van der Waals surface area contributed by atoms with E-state index in [4.69, 9.17) is 9.47 Å². The summed E-state index contributed by atoms with van der Waals surface area (Å²) in [6.07, 6.45) is 8.14. The van der Waals surface area contributed by atoms with Crippen molar-refractivity contribution < 1.29 is 22.7 Å². The number of carbonyl (C=O) groups is 1. The molecule has 4 rings (SSSR count). The minimum absolute atomic E-state index is 0.101. The first-order valence-corrected chi connectivity index (χ1v) is 13.1. The van der Waals surface area contributed by atoms with E-state index in [9.17, 15) is 13.2 Å². The van der Waals surface area contributed by atoms with Gasteiger partial charge in [-0.3, -0.25) is 4.98 Å². The minimum atomic E-state index is -3.16. The number of pyridine rings is 1. The van der Waals surface area contributed by atoms with Crippen molar-refractivity contribution in [3.63, 3.8) is 0 Å². The highest BCUT2D eigenvalue weighted by Crippen LogP contribution is 2.36. The molecule has 8 nitrogen and oxygen atoms in total. The third-order valence-corrected chi connectivity index (χ3v) is 7.60. The lowest BCUT2D eigenvalue weighted by molar-refractivity contribution is 0.0123. The summed E-state index contributed by atoms with van der Waals surface area (Å²) in [5.74, 6) is 1.23. The Bertz CT molecular complexity index is 1010. The van der Waals surface area contributed by atoms with Gasteiger partial charge in [-0.15, -0.1) is 0 Å². The third-order valence-electron chi connectivity index (χ3n) is 6.33. The molecule has 0 saturated carbocycles. The lowest BCUT2D eigenvalue weighted by atomic mass is 9.89. The third kappa shape index (κ3) is 5.26. The Labute approximate surface area is 190 Å². The zero-order valence-electron chi connectivity index (χ0n) is 19.3. The summed E-state index contributed by atoms with van der Waals surface area (Å²) >= 11 is 0.